The second-order valence-corrected chi connectivity index (χ2v) is 6.06. The molecule has 0 bridgehead atoms. The largest absolute Gasteiger partial charge is 0.497 e. The van der Waals surface area contributed by atoms with E-state index in [1.54, 1.807) is 13.8 Å². The minimum atomic E-state index is -0.657. The SMILES string of the molecule is COc1ccc(C(=O)N2CCN(C(=O)C(=O)NC(C)C)CC2)c(F)c1. The molecule has 0 radical (unpaired) electrons. The number of hydrogen-bond donors (Lipinski definition) is 1. The van der Waals surface area contributed by atoms with Gasteiger partial charge in [-0.15, -0.1) is 0 Å². The molecule has 0 atom stereocenters. The molecule has 0 aromatic heterocycles. The molecule has 25 heavy (non-hydrogen) atoms. The zero-order valence-electron chi connectivity index (χ0n) is 14.5. The molecule has 1 aromatic rings. The van der Waals surface area contributed by atoms with Crippen molar-refractivity contribution in [3.05, 3.63) is 29.6 Å². The molecule has 2 rings (SSSR count). The molecular weight excluding hydrogens is 329 g/mol. The number of nitrogens with zero attached hydrogens (tertiary/aromatic N) is 2. The van der Waals surface area contributed by atoms with E-state index < -0.39 is 23.5 Å². The lowest BCUT2D eigenvalue weighted by Gasteiger charge is -2.34. The summed E-state index contributed by atoms with van der Waals surface area (Å²) in [5, 5.41) is 2.55. The van der Waals surface area contributed by atoms with Gasteiger partial charge in [0.05, 0.1) is 12.7 Å². The zero-order chi connectivity index (χ0) is 18.6. The van der Waals surface area contributed by atoms with Crippen LogP contribution in [0.2, 0.25) is 0 Å². The Morgan fingerprint density at radius 3 is 2.24 bits per heavy atom. The van der Waals surface area contributed by atoms with Crippen molar-refractivity contribution in [1.29, 1.82) is 0 Å². The number of carbonyl (C=O) groups excluding carboxylic acids is 3. The van der Waals surface area contributed by atoms with Crippen LogP contribution in [-0.2, 0) is 9.59 Å². The van der Waals surface area contributed by atoms with E-state index in [2.05, 4.69) is 5.32 Å². The average molecular weight is 351 g/mol. The van der Waals surface area contributed by atoms with Crippen molar-refractivity contribution in [2.24, 2.45) is 0 Å². The lowest BCUT2D eigenvalue weighted by molar-refractivity contribution is -0.147. The minimum absolute atomic E-state index is 0.0434. The molecule has 1 fully saturated rings. The highest BCUT2D eigenvalue weighted by atomic mass is 19.1. The number of hydrogen-bond acceptors (Lipinski definition) is 4. The molecule has 7 nitrogen and oxygen atoms in total. The molecule has 0 spiro atoms. The Morgan fingerprint density at radius 1 is 1.12 bits per heavy atom. The van der Waals surface area contributed by atoms with E-state index in [4.69, 9.17) is 4.74 Å². The highest BCUT2D eigenvalue weighted by Crippen LogP contribution is 2.18. The van der Waals surface area contributed by atoms with Crippen LogP contribution < -0.4 is 10.1 Å². The van der Waals surface area contributed by atoms with E-state index in [0.29, 0.717) is 5.75 Å². The summed E-state index contributed by atoms with van der Waals surface area (Å²) < 4.78 is 18.9. The van der Waals surface area contributed by atoms with E-state index in [1.165, 1.54) is 29.0 Å². The summed E-state index contributed by atoms with van der Waals surface area (Å²) in [6.45, 7) is 4.48. The van der Waals surface area contributed by atoms with Crippen molar-refractivity contribution < 1.29 is 23.5 Å². The lowest BCUT2D eigenvalue weighted by atomic mass is 10.1. The molecule has 1 heterocycles. The average Bonchev–Trinajstić information content (AvgIpc) is 2.60. The van der Waals surface area contributed by atoms with Crippen LogP contribution in [0.1, 0.15) is 24.2 Å². The van der Waals surface area contributed by atoms with Crippen LogP contribution in [0, 0.1) is 5.82 Å². The maximum Gasteiger partial charge on any atom is 0.312 e. The summed E-state index contributed by atoms with van der Waals surface area (Å²) in [5.41, 5.74) is -0.0434. The van der Waals surface area contributed by atoms with Gasteiger partial charge >= 0.3 is 11.8 Å². The highest BCUT2D eigenvalue weighted by Gasteiger charge is 2.29. The van der Waals surface area contributed by atoms with Crippen molar-refractivity contribution in [2.75, 3.05) is 33.3 Å². The van der Waals surface area contributed by atoms with E-state index in [0.717, 1.165) is 6.07 Å². The van der Waals surface area contributed by atoms with Crippen molar-refractivity contribution in [1.82, 2.24) is 15.1 Å². The first-order valence-electron chi connectivity index (χ1n) is 8.06. The number of amides is 3. The number of nitrogens with one attached hydrogen (secondary N) is 1. The molecule has 8 heteroatoms. The molecule has 0 saturated carbocycles. The summed E-state index contributed by atoms with van der Waals surface area (Å²) in [5.74, 6) is -2.04. The Balaban J connectivity index is 1.96. The molecule has 1 aliphatic heterocycles. The van der Waals surface area contributed by atoms with Gasteiger partial charge < -0.3 is 19.9 Å². The quantitative estimate of drug-likeness (QED) is 0.811. The number of halogens is 1. The standard InChI is InChI=1S/C17H22FN3O4/c1-11(2)19-15(22)17(24)21-8-6-20(7-9-21)16(23)13-5-4-12(25-3)10-14(13)18/h4-5,10-11H,6-9H2,1-3H3,(H,19,22). The van der Waals surface area contributed by atoms with Crippen molar-refractivity contribution in [2.45, 2.75) is 19.9 Å². The minimum Gasteiger partial charge on any atom is -0.497 e. The van der Waals surface area contributed by atoms with Gasteiger partial charge in [0.15, 0.2) is 0 Å². The second kappa shape index (κ2) is 7.96. The summed E-state index contributed by atoms with van der Waals surface area (Å²) in [4.78, 5) is 39.1. The summed E-state index contributed by atoms with van der Waals surface area (Å²) in [7, 11) is 1.42. The Labute approximate surface area is 145 Å². The number of ether oxygens (including phenoxy) is 1. The Hall–Kier alpha value is -2.64. The molecular formula is C17H22FN3O4. The van der Waals surface area contributed by atoms with Gasteiger partial charge in [-0.1, -0.05) is 0 Å². The molecule has 0 unspecified atom stereocenters. The Kier molecular flexibility index (Phi) is 5.95. The topological polar surface area (TPSA) is 79.0 Å². The van der Waals surface area contributed by atoms with Gasteiger partial charge in [0.1, 0.15) is 11.6 Å². The van der Waals surface area contributed by atoms with Gasteiger partial charge in [0, 0.05) is 38.3 Å². The van der Waals surface area contributed by atoms with Gasteiger partial charge in [-0.05, 0) is 26.0 Å². The first-order chi connectivity index (χ1) is 11.8. The first kappa shape index (κ1) is 18.7. The molecule has 1 aliphatic rings. The first-order valence-corrected chi connectivity index (χ1v) is 8.06. The predicted molar refractivity (Wildman–Crippen MR) is 88.7 cm³/mol. The monoisotopic (exact) mass is 351 g/mol. The normalized spacial score (nSPS) is 14.4. The summed E-state index contributed by atoms with van der Waals surface area (Å²) in [6.07, 6.45) is 0. The van der Waals surface area contributed by atoms with Gasteiger partial charge in [0.25, 0.3) is 5.91 Å². The zero-order valence-corrected chi connectivity index (χ0v) is 14.5. The van der Waals surface area contributed by atoms with Crippen LogP contribution >= 0.6 is 0 Å². The third kappa shape index (κ3) is 4.46. The smallest absolute Gasteiger partial charge is 0.312 e. The Bertz CT molecular complexity index is 670. The van der Waals surface area contributed by atoms with Crippen molar-refractivity contribution >= 4 is 17.7 Å². The van der Waals surface area contributed by atoms with Gasteiger partial charge in [-0.2, -0.15) is 0 Å². The molecule has 136 valence electrons. The molecule has 0 aliphatic carbocycles. The molecule has 3 amide bonds. The third-order valence-corrected chi connectivity index (χ3v) is 3.87. The number of carbonyl (C=O) groups is 3. The van der Waals surface area contributed by atoms with Crippen LogP contribution in [0.25, 0.3) is 0 Å². The van der Waals surface area contributed by atoms with Gasteiger partial charge in [0.2, 0.25) is 0 Å². The van der Waals surface area contributed by atoms with Crippen molar-refractivity contribution in [3.8, 4) is 5.75 Å². The van der Waals surface area contributed by atoms with E-state index in [-0.39, 0.29) is 37.8 Å². The van der Waals surface area contributed by atoms with Crippen molar-refractivity contribution in [3.63, 3.8) is 0 Å². The molecule has 1 aromatic carbocycles. The van der Waals surface area contributed by atoms with Crippen LogP contribution in [0.3, 0.4) is 0 Å². The Morgan fingerprint density at radius 2 is 1.72 bits per heavy atom. The second-order valence-electron chi connectivity index (χ2n) is 6.06. The number of piperazine rings is 1. The van der Waals surface area contributed by atoms with Gasteiger partial charge in [-0.25, -0.2) is 4.39 Å². The maximum absolute atomic E-state index is 14.0. The van der Waals surface area contributed by atoms with Crippen LogP contribution in [0.4, 0.5) is 4.39 Å². The summed E-state index contributed by atoms with van der Waals surface area (Å²) >= 11 is 0. The van der Waals surface area contributed by atoms with Crippen LogP contribution in [0.5, 0.6) is 5.75 Å². The summed E-state index contributed by atoms with van der Waals surface area (Å²) in [6, 6.07) is 3.93. The third-order valence-electron chi connectivity index (χ3n) is 3.87. The fraction of sp³-hybridized carbons (Fsp3) is 0.471. The molecule has 1 saturated heterocycles. The highest BCUT2D eigenvalue weighted by molar-refractivity contribution is 6.35. The fourth-order valence-electron chi connectivity index (χ4n) is 2.55. The van der Waals surface area contributed by atoms with E-state index in [9.17, 15) is 18.8 Å². The maximum atomic E-state index is 14.0. The van der Waals surface area contributed by atoms with Crippen LogP contribution in [0.15, 0.2) is 18.2 Å². The lowest BCUT2D eigenvalue weighted by Crippen LogP contribution is -2.54. The number of benzene rings is 1. The van der Waals surface area contributed by atoms with Crippen LogP contribution in [-0.4, -0.2) is 66.9 Å². The van der Waals surface area contributed by atoms with Gasteiger partial charge in [-0.3, -0.25) is 14.4 Å². The van der Waals surface area contributed by atoms with E-state index >= 15 is 0 Å². The predicted octanol–water partition coefficient (Wildman–Crippen LogP) is 0.643. The fourth-order valence-corrected chi connectivity index (χ4v) is 2.55. The van der Waals surface area contributed by atoms with E-state index in [1.807, 2.05) is 0 Å². The molecule has 1 N–H and O–H groups in total. The number of methoxy groups -OCH3 is 1. The number of rotatable bonds is 3.